The van der Waals surface area contributed by atoms with E-state index in [4.69, 9.17) is 0 Å². The highest BCUT2D eigenvalue weighted by Gasteiger charge is 2.27. The number of likely N-dealkylation sites (N-methyl/N-ethyl adjacent to an activating group) is 1. The molecule has 0 aliphatic carbocycles. The summed E-state index contributed by atoms with van der Waals surface area (Å²) in [7, 11) is 3.45. The van der Waals surface area contributed by atoms with Crippen LogP contribution in [-0.4, -0.2) is 63.9 Å². The molecule has 0 spiro atoms. The Morgan fingerprint density at radius 2 is 1.81 bits per heavy atom. The zero-order valence-electron chi connectivity index (χ0n) is 15.4. The van der Waals surface area contributed by atoms with E-state index in [0.29, 0.717) is 18.7 Å². The van der Waals surface area contributed by atoms with Crippen LogP contribution in [0.1, 0.15) is 46.2 Å². The van der Waals surface area contributed by atoms with Crippen LogP contribution in [0.2, 0.25) is 0 Å². The minimum atomic E-state index is -1.00. The molecule has 26 heavy (non-hydrogen) atoms. The summed E-state index contributed by atoms with van der Waals surface area (Å²) >= 11 is 0. The van der Waals surface area contributed by atoms with Gasteiger partial charge < -0.3 is 19.5 Å². The summed E-state index contributed by atoms with van der Waals surface area (Å²) in [6, 6.07) is 5.14. The number of carboxylic acid groups (broad SMARTS) is 1. The summed E-state index contributed by atoms with van der Waals surface area (Å²) in [5.74, 6) is -1.16. The van der Waals surface area contributed by atoms with Crippen molar-refractivity contribution in [2.75, 3.05) is 26.7 Å². The highest BCUT2D eigenvalue weighted by molar-refractivity contribution is 6.03. The van der Waals surface area contributed by atoms with Crippen molar-refractivity contribution in [3.05, 3.63) is 35.0 Å². The molecule has 7 heteroatoms. The fraction of sp³-hybridized carbons (Fsp3) is 0.421. The molecule has 1 fully saturated rings. The van der Waals surface area contributed by atoms with Gasteiger partial charge in [0.25, 0.3) is 5.91 Å². The zero-order valence-corrected chi connectivity index (χ0v) is 15.4. The van der Waals surface area contributed by atoms with Crippen molar-refractivity contribution in [3.63, 3.8) is 0 Å². The molecule has 0 radical (unpaired) electrons. The summed E-state index contributed by atoms with van der Waals surface area (Å²) in [5.41, 5.74) is 2.41. The molecule has 1 aromatic carbocycles. The second kappa shape index (κ2) is 6.48. The molecular weight excluding hydrogens is 334 g/mol. The van der Waals surface area contributed by atoms with Gasteiger partial charge >= 0.3 is 5.97 Å². The van der Waals surface area contributed by atoms with Crippen LogP contribution >= 0.6 is 0 Å². The lowest BCUT2D eigenvalue weighted by atomic mass is 9.97. The van der Waals surface area contributed by atoms with Gasteiger partial charge in [-0.2, -0.15) is 0 Å². The molecule has 1 aromatic heterocycles. The number of aryl methyl sites for hydroxylation is 1. The van der Waals surface area contributed by atoms with Gasteiger partial charge in [0.2, 0.25) is 5.91 Å². The number of rotatable bonds is 3. The van der Waals surface area contributed by atoms with Crippen molar-refractivity contribution < 1.29 is 19.5 Å². The minimum Gasteiger partial charge on any atom is -0.477 e. The van der Waals surface area contributed by atoms with Crippen LogP contribution in [0.15, 0.2) is 18.2 Å². The van der Waals surface area contributed by atoms with Crippen molar-refractivity contribution in [1.29, 1.82) is 0 Å². The van der Waals surface area contributed by atoms with Crippen molar-refractivity contribution >= 4 is 28.7 Å². The molecule has 138 valence electrons. The Labute approximate surface area is 151 Å². The van der Waals surface area contributed by atoms with Crippen LogP contribution in [0, 0.1) is 0 Å². The van der Waals surface area contributed by atoms with E-state index >= 15 is 0 Å². The van der Waals surface area contributed by atoms with Crippen molar-refractivity contribution in [2.45, 2.75) is 19.8 Å². The van der Waals surface area contributed by atoms with E-state index in [2.05, 4.69) is 0 Å². The van der Waals surface area contributed by atoms with Crippen LogP contribution in [0.3, 0.4) is 0 Å². The van der Waals surface area contributed by atoms with Gasteiger partial charge in [0, 0.05) is 38.1 Å². The average Bonchev–Trinajstić information content (AvgIpc) is 2.93. The number of hydrogen-bond donors (Lipinski definition) is 1. The van der Waals surface area contributed by atoms with Gasteiger partial charge in [-0.3, -0.25) is 9.59 Å². The molecule has 3 rings (SSSR count). The molecule has 2 heterocycles. The van der Waals surface area contributed by atoms with Crippen LogP contribution in [0.5, 0.6) is 0 Å². The number of hydrogen-bond acceptors (Lipinski definition) is 3. The topological polar surface area (TPSA) is 82.8 Å². The van der Waals surface area contributed by atoms with E-state index in [-0.39, 0.29) is 30.0 Å². The van der Waals surface area contributed by atoms with Gasteiger partial charge in [-0.05, 0) is 29.7 Å². The Bertz CT molecular complexity index is 913. The quantitative estimate of drug-likeness (QED) is 0.910. The molecule has 1 aliphatic rings. The van der Waals surface area contributed by atoms with Gasteiger partial charge in [-0.25, -0.2) is 4.79 Å². The smallest absolute Gasteiger partial charge is 0.352 e. The van der Waals surface area contributed by atoms with Gasteiger partial charge in [-0.15, -0.1) is 0 Å². The number of fused-ring (bicyclic) bond motifs is 1. The Morgan fingerprint density at radius 1 is 1.12 bits per heavy atom. The summed E-state index contributed by atoms with van der Waals surface area (Å²) in [5, 5.41) is 10.1. The van der Waals surface area contributed by atoms with Crippen molar-refractivity contribution in [1.82, 2.24) is 14.4 Å². The SMILES string of the molecule is CC(C)c1cc(C(=O)N2CCN(C)C(=O)C2)cc2cc(C(=O)O)n(C)c12. The molecule has 1 saturated heterocycles. The summed E-state index contributed by atoms with van der Waals surface area (Å²) in [4.78, 5) is 39.5. The molecule has 0 saturated carbocycles. The Hall–Kier alpha value is -2.83. The van der Waals surface area contributed by atoms with Crippen molar-refractivity contribution in [3.8, 4) is 0 Å². The third-order valence-electron chi connectivity index (χ3n) is 4.99. The standard InChI is InChI=1S/C19H23N3O4/c1-11(2)14-8-13(18(24)22-6-5-20(3)16(23)10-22)7-12-9-15(19(25)26)21(4)17(12)14/h7-9,11H,5-6,10H2,1-4H3,(H,25,26). The molecule has 0 unspecified atom stereocenters. The molecular formula is C19H23N3O4. The molecule has 2 aromatic rings. The second-order valence-electron chi connectivity index (χ2n) is 7.09. The first-order chi connectivity index (χ1) is 12.2. The number of nitrogens with zero attached hydrogens (tertiary/aromatic N) is 3. The lowest BCUT2D eigenvalue weighted by Gasteiger charge is -2.32. The van der Waals surface area contributed by atoms with E-state index in [1.807, 2.05) is 19.9 Å². The number of benzene rings is 1. The maximum atomic E-state index is 12.9. The number of carbonyl (C=O) groups is 3. The van der Waals surface area contributed by atoms with E-state index in [0.717, 1.165) is 16.5 Å². The highest BCUT2D eigenvalue weighted by Crippen LogP contribution is 2.30. The van der Waals surface area contributed by atoms with E-state index in [1.54, 1.807) is 40.6 Å². The van der Waals surface area contributed by atoms with Gasteiger partial charge in [-0.1, -0.05) is 13.8 Å². The van der Waals surface area contributed by atoms with Gasteiger partial charge in [0.1, 0.15) is 12.2 Å². The predicted octanol–water partition coefficient (Wildman–Crippen LogP) is 1.91. The minimum absolute atomic E-state index is 0.0690. The van der Waals surface area contributed by atoms with Gasteiger partial charge in [0.15, 0.2) is 0 Å². The first kappa shape index (κ1) is 18.0. The number of piperazine rings is 1. The van der Waals surface area contributed by atoms with E-state index in [9.17, 15) is 19.5 Å². The van der Waals surface area contributed by atoms with Crippen molar-refractivity contribution in [2.24, 2.45) is 7.05 Å². The van der Waals surface area contributed by atoms with Crippen LogP contribution in [0.4, 0.5) is 0 Å². The first-order valence-corrected chi connectivity index (χ1v) is 8.60. The van der Waals surface area contributed by atoms with E-state index in [1.165, 1.54) is 0 Å². The lowest BCUT2D eigenvalue weighted by molar-refractivity contribution is -0.133. The third kappa shape index (κ3) is 2.94. The Morgan fingerprint density at radius 3 is 2.38 bits per heavy atom. The second-order valence-corrected chi connectivity index (χ2v) is 7.09. The normalized spacial score (nSPS) is 15.2. The lowest BCUT2D eigenvalue weighted by Crippen LogP contribution is -2.50. The molecule has 1 N–H and O–H groups in total. The van der Waals surface area contributed by atoms with Crippen LogP contribution in [0.25, 0.3) is 10.9 Å². The fourth-order valence-electron chi connectivity index (χ4n) is 3.43. The number of carbonyl (C=O) groups excluding carboxylic acids is 2. The number of aromatic carboxylic acids is 1. The fourth-order valence-corrected chi connectivity index (χ4v) is 3.43. The highest BCUT2D eigenvalue weighted by atomic mass is 16.4. The molecule has 7 nitrogen and oxygen atoms in total. The molecule has 1 aliphatic heterocycles. The zero-order chi connectivity index (χ0) is 19.2. The number of aromatic nitrogens is 1. The van der Waals surface area contributed by atoms with E-state index < -0.39 is 5.97 Å². The summed E-state index contributed by atoms with van der Waals surface area (Å²) in [6.07, 6.45) is 0. The monoisotopic (exact) mass is 357 g/mol. The average molecular weight is 357 g/mol. The Balaban J connectivity index is 2.08. The molecule has 0 bridgehead atoms. The van der Waals surface area contributed by atoms with Crippen LogP contribution in [-0.2, 0) is 11.8 Å². The molecule has 2 amide bonds. The predicted molar refractivity (Wildman–Crippen MR) is 97.5 cm³/mol. The third-order valence-corrected chi connectivity index (χ3v) is 4.99. The first-order valence-electron chi connectivity index (χ1n) is 8.60. The Kier molecular flexibility index (Phi) is 4.48. The maximum absolute atomic E-state index is 12.9. The number of carboxylic acids is 1. The van der Waals surface area contributed by atoms with Gasteiger partial charge in [0.05, 0.1) is 5.52 Å². The largest absolute Gasteiger partial charge is 0.477 e. The maximum Gasteiger partial charge on any atom is 0.352 e. The summed E-state index contributed by atoms with van der Waals surface area (Å²) in [6.45, 7) is 5.09. The molecule has 0 atom stereocenters. The number of amides is 2. The summed E-state index contributed by atoms with van der Waals surface area (Å²) < 4.78 is 1.65. The van der Waals surface area contributed by atoms with Crippen LogP contribution < -0.4 is 0 Å².